The summed E-state index contributed by atoms with van der Waals surface area (Å²) in [5, 5.41) is 2.89. The van der Waals surface area contributed by atoms with Gasteiger partial charge in [0.25, 0.3) is 0 Å². The number of piperazine rings is 1. The highest BCUT2D eigenvalue weighted by atomic mass is 16.6. The first-order valence-corrected chi connectivity index (χ1v) is 16.4. The van der Waals surface area contributed by atoms with Gasteiger partial charge in [-0.15, -0.1) is 0 Å². The Labute approximate surface area is 276 Å². The summed E-state index contributed by atoms with van der Waals surface area (Å²) in [4.78, 5) is 35.0. The number of likely N-dealkylation sites (N-methyl/N-ethyl adjacent to an activating group) is 1. The second-order valence-corrected chi connectivity index (χ2v) is 12.7. The molecule has 2 fully saturated rings. The minimum Gasteiger partial charge on any atom is -0.438 e. The number of benzene rings is 3. The number of hydrogen-bond acceptors (Lipinski definition) is 8. The van der Waals surface area contributed by atoms with Crippen LogP contribution in [0.15, 0.2) is 97.1 Å². The van der Waals surface area contributed by atoms with Crippen LogP contribution in [0.25, 0.3) is 33.7 Å². The van der Waals surface area contributed by atoms with Crippen molar-refractivity contribution < 1.29 is 9.53 Å². The highest BCUT2D eigenvalue weighted by Crippen LogP contribution is 2.49. The Morgan fingerprint density at radius 3 is 2.13 bits per heavy atom. The van der Waals surface area contributed by atoms with E-state index >= 15 is 0 Å². The lowest BCUT2D eigenvalue weighted by atomic mass is 10.0. The molecule has 9 nitrogen and oxygen atoms in total. The van der Waals surface area contributed by atoms with Gasteiger partial charge >= 0.3 is 6.09 Å². The first-order valence-electron chi connectivity index (χ1n) is 16.4. The van der Waals surface area contributed by atoms with Gasteiger partial charge in [-0.1, -0.05) is 84.9 Å². The zero-order valence-electron chi connectivity index (χ0n) is 27.1. The number of amides is 1. The molecule has 240 valence electrons. The zero-order chi connectivity index (χ0) is 32.2. The number of fused-ring (bicyclic) bond motifs is 1. The molecule has 1 saturated carbocycles. The summed E-state index contributed by atoms with van der Waals surface area (Å²) in [7, 11) is 4.24. The molecule has 0 atom stereocenters. The summed E-state index contributed by atoms with van der Waals surface area (Å²) in [5.74, 6) is 0.942. The Kier molecular flexibility index (Phi) is 8.82. The largest absolute Gasteiger partial charge is 0.438 e. The van der Waals surface area contributed by atoms with Crippen LogP contribution in [0.5, 0.6) is 0 Å². The van der Waals surface area contributed by atoms with Crippen LogP contribution in [-0.2, 0) is 16.9 Å². The second-order valence-electron chi connectivity index (χ2n) is 12.7. The maximum atomic E-state index is 12.7. The molecular weight excluding hydrogens is 586 g/mol. The lowest BCUT2D eigenvalue weighted by Gasteiger charge is -2.35. The Morgan fingerprint density at radius 2 is 1.45 bits per heavy atom. The first kappa shape index (κ1) is 30.8. The third-order valence-electron chi connectivity index (χ3n) is 9.08. The molecule has 3 heterocycles. The first-order chi connectivity index (χ1) is 23.0. The van der Waals surface area contributed by atoms with Gasteiger partial charge in [-0.05, 0) is 50.2 Å². The molecule has 3 aromatic carbocycles. The maximum absolute atomic E-state index is 12.7. The molecule has 0 unspecified atom stereocenters. The number of carbonyl (C=O) groups is 1. The number of nitrogens with one attached hydrogen (secondary N) is 1. The van der Waals surface area contributed by atoms with Crippen molar-refractivity contribution in [1.82, 2.24) is 30.1 Å². The van der Waals surface area contributed by atoms with Crippen LogP contribution in [-0.4, -0.2) is 84.2 Å². The van der Waals surface area contributed by atoms with E-state index in [1.807, 2.05) is 66.7 Å². The molecule has 0 radical (unpaired) electrons. The predicted octanol–water partition coefficient (Wildman–Crippen LogP) is 5.96. The van der Waals surface area contributed by atoms with Crippen LogP contribution in [0.3, 0.4) is 0 Å². The van der Waals surface area contributed by atoms with Crippen LogP contribution in [0.4, 0.5) is 10.6 Å². The quantitative estimate of drug-likeness (QED) is 0.203. The van der Waals surface area contributed by atoms with E-state index in [2.05, 4.69) is 64.4 Å². The summed E-state index contributed by atoms with van der Waals surface area (Å²) < 4.78 is 5.95. The summed E-state index contributed by atoms with van der Waals surface area (Å²) in [6.45, 7) is 6.51. The summed E-state index contributed by atoms with van der Waals surface area (Å²) in [6, 6.07) is 32.3. The van der Waals surface area contributed by atoms with E-state index in [1.165, 1.54) is 0 Å². The van der Waals surface area contributed by atoms with Gasteiger partial charge in [0.05, 0.1) is 11.4 Å². The van der Waals surface area contributed by atoms with Crippen molar-refractivity contribution in [3.63, 3.8) is 0 Å². The van der Waals surface area contributed by atoms with E-state index in [9.17, 15) is 4.79 Å². The smallest absolute Gasteiger partial charge is 0.408 e. The third kappa shape index (κ3) is 7.11. The number of carbonyl (C=O) groups excluding carboxylic acids is 1. The average molecular weight is 628 g/mol. The number of anilines is 1. The van der Waals surface area contributed by atoms with Crippen LogP contribution in [0, 0.1) is 0 Å². The van der Waals surface area contributed by atoms with E-state index in [-0.39, 0.29) is 0 Å². The molecule has 1 aliphatic carbocycles. The molecule has 47 heavy (non-hydrogen) atoms. The van der Waals surface area contributed by atoms with Gasteiger partial charge in [-0.25, -0.2) is 19.7 Å². The van der Waals surface area contributed by atoms with Gasteiger partial charge < -0.3 is 19.9 Å². The molecular formula is C38H41N7O2. The molecule has 9 heteroatoms. The number of nitrogens with zero attached hydrogens (tertiary/aromatic N) is 6. The number of aromatic nitrogens is 3. The molecule has 1 N–H and O–H groups in total. The predicted molar refractivity (Wildman–Crippen MR) is 186 cm³/mol. The van der Waals surface area contributed by atoms with Gasteiger partial charge in [0, 0.05) is 56.9 Å². The molecule has 2 aromatic heterocycles. The molecule has 1 aliphatic heterocycles. The van der Waals surface area contributed by atoms with E-state index in [1.54, 1.807) is 0 Å². The van der Waals surface area contributed by atoms with Crippen molar-refractivity contribution in [1.29, 1.82) is 0 Å². The van der Waals surface area contributed by atoms with E-state index in [4.69, 9.17) is 19.7 Å². The lowest BCUT2D eigenvalue weighted by molar-refractivity contribution is 0.0809. The molecule has 2 aliphatic rings. The van der Waals surface area contributed by atoms with Gasteiger partial charge in [-0.3, -0.25) is 4.90 Å². The molecule has 0 bridgehead atoms. The van der Waals surface area contributed by atoms with Gasteiger partial charge in [0.1, 0.15) is 16.9 Å². The number of pyridine rings is 1. The highest BCUT2D eigenvalue weighted by Gasteiger charge is 2.48. The minimum absolute atomic E-state index is 0.403. The van der Waals surface area contributed by atoms with Crippen molar-refractivity contribution in [2.24, 2.45) is 0 Å². The molecule has 1 amide bonds. The van der Waals surface area contributed by atoms with Gasteiger partial charge in [-0.2, -0.15) is 0 Å². The zero-order valence-corrected chi connectivity index (χ0v) is 27.1. The minimum atomic E-state index is -0.589. The lowest BCUT2D eigenvalue weighted by Crippen LogP contribution is -2.48. The fourth-order valence-electron chi connectivity index (χ4n) is 6.13. The van der Waals surface area contributed by atoms with Crippen molar-refractivity contribution in [2.75, 3.05) is 58.3 Å². The standard InChI is InChI=1S/C38H41N7O2/c1-43(2)21-22-44-23-25-45(26-24-44)33-18-17-32-36(41-33)42-35(29-11-7-4-8-12-29)34(40-32)30-13-15-31(16-14-30)38(19-20-38)47-37(46)39-27-28-9-5-3-6-10-28/h3-18H,19-27H2,1-2H3,(H,39,46). The summed E-state index contributed by atoms with van der Waals surface area (Å²) >= 11 is 0. The van der Waals surface area contributed by atoms with Gasteiger partial charge in [0.2, 0.25) is 0 Å². The van der Waals surface area contributed by atoms with E-state index in [0.29, 0.717) is 12.2 Å². The molecule has 0 spiro atoms. The van der Waals surface area contributed by atoms with Crippen molar-refractivity contribution >= 4 is 23.1 Å². The summed E-state index contributed by atoms with van der Waals surface area (Å²) in [5.41, 5.74) is 6.35. The van der Waals surface area contributed by atoms with Crippen LogP contribution in [0.2, 0.25) is 0 Å². The van der Waals surface area contributed by atoms with E-state index in [0.717, 1.165) is 97.1 Å². The number of ether oxygens (including phenoxy) is 1. The van der Waals surface area contributed by atoms with E-state index < -0.39 is 11.7 Å². The van der Waals surface area contributed by atoms with Crippen LogP contribution < -0.4 is 10.2 Å². The number of alkyl carbamates (subject to hydrolysis) is 1. The van der Waals surface area contributed by atoms with Crippen molar-refractivity contribution in [3.05, 3.63) is 108 Å². The topological polar surface area (TPSA) is 86.7 Å². The normalized spacial score (nSPS) is 15.9. The molecule has 5 aromatic rings. The highest BCUT2D eigenvalue weighted by molar-refractivity contribution is 5.85. The third-order valence-corrected chi connectivity index (χ3v) is 9.08. The number of rotatable bonds is 10. The van der Waals surface area contributed by atoms with Crippen LogP contribution >= 0.6 is 0 Å². The Bertz CT molecular complexity index is 1820. The Balaban J connectivity index is 1.11. The number of hydrogen-bond donors (Lipinski definition) is 1. The Hall–Kier alpha value is -4.86. The molecule has 1 saturated heterocycles. The second kappa shape index (κ2) is 13.5. The van der Waals surface area contributed by atoms with Crippen molar-refractivity contribution in [3.8, 4) is 22.5 Å². The van der Waals surface area contributed by atoms with Crippen LogP contribution in [0.1, 0.15) is 24.0 Å². The Morgan fingerprint density at radius 1 is 0.787 bits per heavy atom. The fourth-order valence-corrected chi connectivity index (χ4v) is 6.13. The van der Waals surface area contributed by atoms with Crippen molar-refractivity contribution in [2.45, 2.75) is 25.0 Å². The molecule has 7 rings (SSSR count). The average Bonchev–Trinajstić information content (AvgIpc) is 3.90. The maximum Gasteiger partial charge on any atom is 0.408 e. The SMILES string of the molecule is CN(C)CCN1CCN(c2ccc3nc(-c4ccc(C5(OC(=O)NCc6ccccc6)CC5)cc4)c(-c4ccccc4)nc3n2)CC1. The monoisotopic (exact) mass is 627 g/mol. The summed E-state index contributed by atoms with van der Waals surface area (Å²) in [6.07, 6.45) is 1.20. The van der Waals surface area contributed by atoms with Gasteiger partial charge in [0.15, 0.2) is 5.65 Å². The fraction of sp³-hybridized carbons (Fsp3) is 0.316.